The van der Waals surface area contributed by atoms with Gasteiger partial charge in [0.2, 0.25) is 15.9 Å². The zero-order valence-corrected chi connectivity index (χ0v) is 22.8. The molecule has 8 heteroatoms. The summed E-state index contributed by atoms with van der Waals surface area (Å²) >= 11 is 0. The summed E-state index contributed by atoms with van der Waals surface area (Å²) in [5, 5.41) is 0. The molecule has 3 aromatic rings. The second kappa shape index (κ2) is 11.5. The fourth-order valence-electron chi connectivity index (χ4n) is 5.06. The third kappa shape index (κ3) is 6.48. The van der Waals surface area contributed by atoms with E-state index in [-0.39, 0.29) is 24.5 Å². The number of halogens is 1. The van der Waals surface area contributed by atoms with Gasteiger partial charge in [-0.1, -0.05) is 43.3 Å². The van der Waals surface area contributed by atoms with E-state index in [4.69, 9.17) is 0 Å². The van der Waals surface area contributed by atoms with E-state index in [1.54, 1.807) is 36.1 Å². The molecule has 38 heavy (non-hydrogen) atoms. The first kappa shape index (κ1) is 27.5. The van der Waals surface area contributed by atoms with Crippen LogP contribution >= 0.6 is 0 Å². The van der Waals surface area contributed by atoms with Crippen LogP contribution in [0.1, 0.15) is 42.9 Å². The van der Waals surface area contributed by atoms with Gasteiger partial charge in [-0.05, 0) is 72.7 Å². The Balaban J connectivity index is 1.54. The number of aryl methyl sites for hydroxylation is 2. The second-order valence-electron chi connectivity index (χ2n) is 9.96. The molecule has 0 aromatic heterocycles. The van der Waals surface area contributed by atoms with Crippen LogP contribution < -0.4 is 9.62 Å². The number of carbonyl (C=O) groups is 2. The average molecular weight is 537 g/mol. The van der Waals surface area contributed by atoms with Gasteiger partial charge < -0.3 is 4.90 Å². The highest BCUT2D eigenvalue weighted by molar-refractivity contribution is 7.92. The molecule has 1 heterocycles. The van der Waals surface area contributed by atoms with Crippen molar-refractivity contribution < 1.29 is 22.4 Å². The van der Waals surface area contributed by atoms with Gasteiger partial charge in [0.25, 0.3) is 0 Å². The van der Waals surface area contributed by atoms with Gasteiger partial charge in [-0.15, -0.1) is 0 Å². The molecule has 4 rings (SSSR count). The Morgan fingerprint density at radius 1 is 1.08 bits per heavy atom. The fourth-order valence-corrected chi connectivity index (χ4v) is 5.63. The molecular formula is C30H33FN2O4S. The summed E-state index contributed by atoms with van der Waals surface area (Å²) < 4.78 is 40.5. The van der Waals surface area contributed by atoms with Crippen molar-refractivity contribution in [3.63, 3.8) is 0 Å². The van der Waals surface area contributed by atoms with E-state index >= 15 is 0 Å². The Bertz CT molecular complexity index is 1470. The lowest BCUT2D eigenvalue weighted by atomic mass is 9.89. The summed E-state index contributed by atoms with van der Waals surface area (Å²) in [6, 6.07) is 17.8. The van der Waals surface area contributed by atoms with Gasteiger partial charge in [0, 0.05) is 36.6 Å². The number of rotatable bonds is 9. The van der Waals surface area contributed by atoms with Crippen LogP contribution in [0.3, 0.4) is 0 Å². The highest BCUT2D eigenvalue weighted by Crippen LogP contribution is 2.35. The summed E-state index contributed by atoms with van der Waals surface area (Å²) in [6.07, 6.45) is 3.25. The number of carbonyl (C=O) groups excluding carboxylic acids is 2. The maximum Gasteiger partial charge on any atom is 0.230 e. The van der Waals surface area contributed by atoms with Crippen LogP contribution in [-0.2, 0) is 32.5 Å². The Labute approximate surface area is 223 Å². The standard InChI is InChI=1S/C30H33FN2O4S/c1-4-21-17-22(26-9-5-6-10-28(26)32-38(3,36)37)13-14-29(21)33-15-7-8-24(30(33)35)19-25(34)18-23-12-11-20(2)16-27(23)31/h5-6,9-14,16-17,24,32H,4,7-8,15,18-19H2,1-3H3/t24-/m0/s1. The van der Waals surface area contributed by atoms with Crippen LogP contribution in [0.5, 0.6) is 0 Å². The molecule has 0 unspecified atom stereocenters. The number of benzene rings is 3. The van der Waals surface area contributed by atoms with Gasteiger partial charge in [0.05, 0.1) is 11.9 Å². The van der Waals surface area contributed by atoms with Gasteiger partial charge in [0.15, 0.2) is 0 Å². The third-order valence-electron chi connectivity index (χ3n) is 6.90. The van der Waals surface area contributed by atoms with E-state index in [2.05, 4.69) is 4.72 Å². The molecule has 1 atom stereocenters. The zero-order chi connectivity index (χ0) is 27.4. The van der Waals surface area contributed by atoms with Crippen molar-refractivity contribution >= 4 is 33.1 Å². The number of sulfonamides is 1. The van der Waals surface area contributed by atoms with Crippen molar-refractivity contribution in [2.75, 3.05) is 22.4 Å². The largest absolute Gasteiger partial charge is 0.312 e. The molecule has 200 valence electrons. The summed E-state index contributed by atoms with van der Waals surface area (Å²) in [4.78, 5) is 28.0. The Kier molecular flexibility index (Phi) is 8.31. The molecule has 0 aliphatic carbocycles. The molecule has 6 nitrogen and oxygen atoms in total. The maximum atomic E-state index is 14.2. The summed E-state index contributed by atoms with van der Waals surface area (Å²) in [5.74, 6) is -1.06. The van der Waals surface area contributed by atoms with Crippen LogP contribution in [0.2, 0.25) is 0 Å². The average Bonchev–Trinajstić information content (AvgIpc) is 2.86. The SMILES string of the molecule is CCc1cc(-c2ccccc2NS(C)(=O)=O)ccc1N1CCC[C@@H](CC(=O)Cc2ccc(C)cc2F)C1=O. The van der Waals surface area contributed by atoms with Crippen LogP contribution in [0, 0.1) is 18.7 Å². The van der Waals surface area contributed by atoms with Crippen LogP contribution in [0.15, 0.2) is 60.7 Å². The minimum absolute atomic E-state index is 0.0221. The number of nitrogens with one attached hydrogen (secondary N) is 1. The first-order valence-corrected chi connectivity index (χ1v) is 14.7. The minimum atomic E-state index is -3.45. The number of ketones is 1. The molecule has 1 aliphatic rings. The maximum absolute atomic E-state index is 14.2. The predicted molar refractivity (Wildman–Crippen MR) is 149 cm³/mol. The quantitative estimate of drug-likeness (QED) is 0.381. The van der Waals surface area contributed by atoms with Crippen molar-refractivity contribution in [3.8, 4) is 11.1 Å². The molecule has 0 bridgehead atoms. The van der Waals surface area contributed by atoms with Crippen molar-refractivity contribution in [3.05, 3.63) is 83.2 Å². The number of nitrogens with zero attached hydrogens (tertiary/aromatic N) is 1. The number of piperidine rings is 1. The number of para-hydroxylation sites is 1. The van der Waals surface area contributed by atoms with E-state index in [1.165, 1.54) is 6.07 Å². The Hall–Kier alpha value is -3.52. The van der Waals surface area contributed by atoms with Gasteiger partial charge in [-0.3, -0.25) is 14.3 Å². The van der Waals surface area contributed by atoms with Crippen LogP contribution in [0.25, 0.3) is 11.1 Å². The molecule has 0 spiro atoms. The summed E-state index contributed by atoms with van der Waals surface area (Å²) in [5.41, 5.74) is 4.99. The molecule has 1 saturated heterocycles. The van der Waals surface area contributed by atoms with Crippen molar-refractivity contribution in [2.45, 2.75) is 46.0 Å². The van der Waals surface area contributed by atoms with Gasteiger partial charge >= 0.3 is 0 Å². The number of amides is 1. The van der Waals surface area contributed by atoms with Crippen LogP contribution in [0.4, 0.5) is 15.8 Å². The van der Waals surface area contributed by atoms with Crippen molar-refractivity contribution in [1.29, 1.82) is 0 Å². The fraction of sp³-hybridized carbons (Fsp3) is 0.333. The highest BCUT2D eigenvalue weighted by atomic mass is 32.2. The molecular weight excluding hydrogens is 503 g/mol. The van der Waals surface area contributed by atoms with Crippen molar-refractivity contribution in [1.82, 2.24) is 0 Å². The third-order valence-corrected chi connectivity index (χ3v) is 7.50. The lowest BCUT2D eigenvalue weighted by Gasteiger charge is -2.33. The first-order valence-electron chi connectivity index (χ1n) is 12.8. The number of Topliss-reactive ketones (excluding diaryl/α,β-unsaturated/α-hetero) is 1. The van der Waals surface area contributed by atoms with Gasteiger partial charge in [0.1, 0.15) is 11.6 Å². The molecule has 1 fully saturated rings. The lowest BCUT2D eigenvalue weighted by molar-refractivity contribution is -0.128. The van der Waals surface area contributed by atoms with E-state index in [1.807, 2.05) is 37.3 Å². The van der Waals surface area contributed by atoms with Crippen LogP contribution in [-0.4, -0.2) is 32.9 Å². The molecule has 1 amide bonds. The highest BCUT2D eigenvalue weighted by Gasteiger charge is 2.32. The van der Waals surface area contributed by atoms with E-state index in [0.717, 1.165) is 40.6 Å². The topological polar surface area (TPSA) is 83.6 Å². The number of hydrogen-bond donors (Lipinski definition) is 1. The van der Waals surface area contributed by atoms with E-state index < -0.39 is 21.8 Å². The number of hydrogen-bond acceptors (Lipinski definition) is 4. The summed E-state index contributed by atoms with van der Waals surface area (Å²) in [6.45, 7) is 4.37. The normalized spacial score (nSPS) is 15.9. The predicted octanol–water partition coefficient (Wildman–Crippen LogP) is 5.68. The molecule has 3 aromatic carbocycles. The van der Waals surface area contributed by atoms with Gasteiger partial charge in [-0.2, -0.15) is 0 Å². The number of anilines is 2. The Morgan fingerprint density at radius 2 is 1.84 bits per heavy atom. The minimum Gasteiger partial charge on any atom is -0.312 e. The molecule has 0 saturated carbocycles. The van der Waals surface area contributed by atoms with E-state index in [0.29, 0.717) is 30.6 Å². The monoisotopic (exact) mass is 536 g/mol. The molecule has 1 aliphatic heterocycles. The zero-order valence-electron chi connectivity index (χ0n) is 22.0. The van der Waals surface area contributed by atoms with E-state index in [9.17, 15) is 22.4 Å². The second-order valence-corrected chi connectivity index (χ2v) is 11.7. The van der Waals surface area contributed by atoms with Gasteiger partial charge in [-0.25, -0.2) is 12.8 Å². The van der Waals surface area contributed by atoms with Crippen molar-refractivity contribution in [2.24, 2.45) is 5.92 Å². The lowest BCUT2D eigenvalue weighted by Crippen LogP contribution is -2.42. The Morgan fingerprint density at radius 3 is 2.55 bits per heavy atom. The summed E-state index contributed by atoms with van der Waals surface area (Å²) in [7, 11) is -3.45. The molecule has 0 radical (unpaired) electrons. The smallest absolute Gasteiger partial charge is 0.230 e. The molecule has 1 N–H and O–H groups in total. The first-order chi connectivity index (χ1) is 18.1.